The van der Waals surface area contributed by atoms with Crippen molar-refractivity contribution in [2.45, 2.75) is 20.1 Å². The second-order valence-electron chi connectivity index (χ2n) is 5.29. The number of amides is 4. The zero-order valence-electron chi connectivity index (χ0n) is 12.3. The number of nitrogens with one attached hydrogen (secondary N) is 3. The average Bonchev–Trinajstić information content (AvgIpc) is 2.44. The van der Waals surface area contributed by atoms with Crippen molar-refractivity contribution in [1.82, 2.24) is 16.0 Å². The van der Waals surface area contributed by atoms with E-state index in [0.29, 0.717) is 12.5 Å². The number of carbonyl (C=O) groups is 3. The number of carbonyl (C=O) groups excluding carboxylic acids is 2. The van der Waals surface area contributed by atoms with Crippen LogP contribution < -0.4 is 20.9 Å². The summed E-state index contributed by atoms with van der Waals surface area (Å²) in [5.41, 5.74) is -0.103. The molecule has 0 radical (unpaired) electrons. The van der Waals surface area contributed by atoms with Crippen molar-refractivity contribution >= 4 is 23.7 Å². The number of hydrogen-bond acceptors (Lipinski definition) is 4. The van der Waals surface area contributed by atoms with E-state index in [-0.39, 0.29) is 11.3 Å². The lowest BCUT2D eigenvalue weighted by Crippen LogP contribution is -2.68. The van der Waals surface area contributed by atoms with E-state index < -0.39 is 24.3 Å². The van der Waals surface area contributed by atoms with E-state index in [2.05, 4.69) is 16.0 Å². The summed E-state index contributed by atoms with van der Waals surface area (Å²) in [5, 5.41) is 17.3. The van der Waals surface area contributed by atoms with Gasteiger partial charge in [0.1, 0.15) is 0 Å². The number of aromatic carboxylic acids is 1. The first-order valence-corrected chi connectivity index (χ1v) is 6.87. The van der Waals surface area contributed by atoms with Crippen molar-refractivity contribution < 1.29 is 19.5 Å². The molecular formula is C14H18N4O4. The molecule has 0 saturated carbocycles. The minimum absolute atomic E-state index is 0.0207. The molecule has 4 N–H and O–H groups in total. The lowest BCUT2D eigenvalue weighted by atomic mass is 10.1. The van der Waals surface area contributed by atoms with Gasteiger partial charge >= 0.3 is 18.0 Å². The molecular weight excluding hydrogens is 288 g/mol. The van der Waals surface area contributed by atoms with Crippen LogP contribution in [0.3, 0.4) is 0 Å². The van der Waals surface area contributed by atoms with Gasteiger partial charge in [0, 0.05) is 6.54 Å². The molecule has 1 heterocycles. The number of para-hydroxylation sites is 1. The Morgan fingerprint density at radius 3 is 2.41 bits per heavy atom. The van der Waals surface area contributed by atoms with Crippen LogP contribution in [-0.4, -0.2) is 36.0 Å². The van der Waals surface area contributed by atoms with Gasteiger partial charge in [-0.15, -0.1) is 0 Å². The van der Waals surface area contributed by atoms with Crippen LogP contribution in [0.15, 0.2) is 24.3 Å². The molecule has 118 valence electrons. The third-order valence-electron chi connectivity index (χ3n) is 3.05. The fourth-order valence-corrected chi connectivity index (χ4v) is 2.03. The van der Waals surface area contributed by atoms with Crippen LogP contribution in [0.4, 0.5) is 15.3 Å². The molecule has 8 nitrogen and oxygen atoms in total. The maximum atomic E-state index is 12.2. The van der Waals surface area contributed by atoms with Gasteiger partial charge in [0.05, 0.1) is 11.3 Å². The molecule has 1 aromatic rings. The van der Waals surface area contributed by atoms with Gasteiger partial charge in [-0.3, -0.25) is 5.32 Å². The average molecular weight is 306 g/mol. The Morgan fingerprint density at radius 2 is 1.86 bits per heavy atom. The van der Waals surface area contributed by atoms with Crippen LogP contribution in [0.25, 0.3) is 0 Å². The first kappa shape index (κ1) is 15.8. The molecule has 1 aliphatic rings. The summed E-state index contributed by atoms with van der Waals surface area (Å²) in [6.45, 7) is 4.60. The smallest absolute Gasteiger partial charge is 0.337 e. The lowest BCUT2D eigenvalue weighted by molar-refractivity contribution is 0.0698. The van der Waals surface area contributed by atoms with Crippen LogP contribution in [-0.2, 0) is 0 Å². The molecule has 22 heavy (non-hydrogen) atoms. The molecule has 8 heteroatoms. The number of carboxylic acid groups (broad SMARTS) is 1. The Kier molecular flexibility index (Phi) is 4.62. The van der Waals surface area contributed by atoms with Crippen LogP contribution in [0.1, 0.15) is 24.2 Å². The quantitative estimate of drug-likeness (QED) is 0.652. The zero-order valence-corrected chi connectivity index (χ0v) is 12.3. The van der Waals surface area contributed by atoms with Gasteiger partial charge in [0.15, 0.2) is 6.29 Å². The summed E-state index contributed by atoms with van der Waals surface area (Å²) in [4.78, 5) is 36.3. The van der Waals surface area contributed by atoms with Gasteiger partial charge in [0.2, 0.25) is 0 Å². The van der Waals surface area contributed by atoms with Crippen molar-refractivity contribution in [3.05, 3.63) is 29.8 Å². The number of nitrogens with zero attached hydrogens (tertiary/aromatic N) is 1. The Balaban J connectivity index is 2.19. The van der Waals surface area contributed by atoms with Crippen LogP contribution in [0.5, 0.6) is 0 Å². The number of rotatable bonds is 5. The molecule has 0 spiro atoms. The standard InChI is InChI=1S/C14H18N4O4/c1-8(2)7-15-12-16-13(21)18(14(22)17-12)10-6-4-3-5-9(10)11(19)20/h3-6,8,12,15H,7H2,1-2H3,(H,16,21)(H,17,22)(H,19,20). The van der Waals surface area contributed by atoms with Gasteiger partial charge in [-0.1, -0.05) is 26.0 Å². The maximum Gasteiger partial charge on any atom is 0.337 e. The minimum atomic E-state index is -1.21. The van der Waals surface area contributed by atoms with Gasteiger partial charge in [-0.2, -0.15) is 0 Å². The van der Waals surface area contributed by atoms with Gasteiger partial charge in [-0.05, 0) is 18.1 Å². The molecule has 0 atom stereocenters. The molecule has 0 aromatic heterocycles. The summed E-state index contributed by atoms with van der Waals surface area (Å²) in [6, 6.07) is 4.47. The summed E-state index contributed by atoms with van der Waals surface area (Å²) >= 11 is 0. The monoisotopic (exact) mass is 306 g/mol. The molecule has 0 aliphatic carbocycles. The highest BCUT2D eigenvalue weighted by Crippen LogP contribution is 2.22. The maximum absolute atomic E-state index is 12.2. The number of hydrogen-bond donors (Lipinski definition) is 4. The molecule has 1 saturated heterocycles. The molecule has 1 aromatic carbocycles. The van der Waals surface area contributed by atoms with Crippen LogP contribution in [0.2, 0.25) is 0 Å². The largest absolute Gasteiger partial charge is 0.478 e. The summed E-state index contributed by atoms with van der Waals surface area (Å²) in [6.07, 6.45) is -0.685. The van der Waals surface area contributed by atoms with Crippen molar-refractivity contribution in [2.24, 2.45) is 5.92 Å². The van der Waals surface area contributed by atoms with Gasteiger partial charge in [0.25, 0.3) is 0 Å². The SMILES string of the molecule is CC(C)CNC1NC(=O)N(c2ccccc2C(=O)O)C(=O)N1. The van der Waals surface area contributed by atoms with E-state index in [4.69, 9.17) is 5.11 Å². The Hall–Kier alpha value is -2.61. The van der Waals surface area contributed by atoms with E-state index in [0.717, 1.165) is 4.90 Å². The molecule has 1 aliphatic heterocycles. The number of anilines is 1. The first-order valence-electron chi connectivity index (χ1n) is 6.87. The second-order valence-corrected chi connectivity index (χ2v) is 5.29. The normalized spacial score (nSPS) is 15.7. The fraction of sp³-hybridized carbons (Fsp3) is 0.357. The predicted octanol–water partition coefficient (Wildman–Crippen LogP) is 1.15. The first-order chi connectivity index (χ1) is 10.4. The number of imide groups is 1. The van der Waals surface area contributed by atoms with Gasteiger partial charge < -0.3 is 15.7 Å². The van der Waals surface area contributed by atoms with E-state index in [1.807, 2.05) is 13.8 Å². The summed E-state index contributed by atoms with van der Waals surface area (Å²) < 4.78 is 0. The second kappa shape index (κ2) is 6.44. The number of carboxylic acids is 1. The third kappa shape index (κ3) is 3.34. The predicted molar refractivity (Wildman–Crippen MR) is 79.6 cm³/mol. The Morgan fingerprint density at radius 1 is 1.27 bits per heavy atom. The Labute approximate surface area is 127 Å². The van der Waals surface area contributed by atoms with E-state index in [1.54, 1.807) is 6.07 Å². The third-order valence-corrected chi connectivity index (χ3v) is 3.05. The molecule has 0 bridgehead atoms. The lowest BCUT2D eigenvalue weighted by Gasteiger charge is -2.33. The van der Waals surface area contributed by atoms with Gasteiger partial charge in [-0.25, -0.2) is 19.3 Å². The minimum Gasteiger partial charge on any atom is -0.478 e. The van der Waals surface area contributed by atoms with E-state index in [1.165, 1.54) is 18.2 Å². The molecule has 2 rings (SSSR count). The molecule has 1 fully saturated rings. The highest BCUT2D eigenvalue weighted by molar-refractivity contribution is 6.17. The highest BCUT2D eigenvalue weighted by atomic mass is 16.4. The molecule has 4 amide bonds. The summed E-state index contributed by atoms with van der Waals surface area (Å²) in [5.74, 6) is -0.865. The van der Waals surface area contributed by atoms with Crippen molar-refractivity contribution in [3.8, 4) is 0 Å². The van der Waals surface area contributed by atoms with Crippen LogP contribution in [0, 0.1) is 5.92 Å². The van der Waals surface area contributed by atoms with Crippen LogP contribution >= 0.6 is 0 Å². The van der Waals surface area contributed by atoms with Crippen molar-refractivity contribution in [2.75, 3.05) is 11.4 Å². The number of urea groups is 2. The van der Waals surface area contributed by atoms with Crippen molar-refractivity contribution in [1.29, 1.82) is 0 Å². The van der Waals surface area contributed by atoms with E-state index >= 15 is 0 Å². The highest BCUT2D eigenvalue weighted by Gasteiger charge is 2.34. The summed E-state index contributed by atoms with van der Waals surface area (Å²) in [7, 11) is 0. The Bertz CT molecular complexity index is 584. The molecule has 0 unspecified atom stereocenters. The topological polar surface area (TPSA) is 111 Å². The van der Waals surface area contributed by atoms with E-state index in [9.17, 15) is 14.4 Å². The van der Waals surface area contributed by atoms with Crippen molar-refractivity contribution in [3.63, 3.8) is 0 Å². The fourth-order valence-electron chi connectivity index (χ4n) is 2.03. The number of benzene rings is 1. The zero-order chi connectivity index (χ0) is 16.3.